The highest BCUT2D eigenvalue weighted by atomic mass is 79.9. The van der Waals surface area contributed by atoms with Crippen LogP contribution in [-0.2, 0) is 13.0 Å². The standard InChI is InChI=1S/C15H13Br2NO2/c1-9-4-13(17)8-18(15(9)19)7-11-6-12(16)5-10-2-3-20-14(10)11/h4-6,8H,2-3,7H2,1H3. The largest absolute Gasteiger partial charge is 0.493 e. The molecule has 0 bridgehead atoms. The second-order valence-corrected chi connectivity index (χ2v) is 6.76. The summed E-state index contributed by atoms with van der Waals surface area (Å²) in [7, 11) is 0. The lowest BCUT2D eigenvalue weighted by atomic mass is 10.1. The number of halogens is 2. The summed E-state index contributed by atoms with van der Waals surface area (Å²) in [4.78, 5) is 12.2. The third-order valence-corrected chi connectivity index (χ3v) is 4.29. The minimum absolute atomic E-state index is 0.0277. The van der Waals surface area contributed by atoms with E-state index in [1.807, 2.05) is 25.3 Å². The third-order valence-electron chi connectivity index (χ3n) is 3.40. The monoisotopic (exact) mass is 397 g/mol. The summed E-state index contributed by atoms with van der Waals surface area (Å²) in [6.45, 7) is 3.05. The molecule has 2 heterocycles. The van der Waals surface area contributed by atoms with E-state index in [-0.39, 0.29) is 5.56 Å². The Morgan fingerprint density at radius 1 is 1.25 bits per heavy atom. The molecule has 0 radical (unpaired) electrons. The smallest absolute Gasteiger partial charge is 0.253 e. The van der Waals surface area contributed by atoms with Crippen molar-refractivity contribution in [3.8, 4) is 5.75 Å². The van der Waals surface area contributed by atoms with Crippen LogP contribution in [0.4, 0.5) is 0 Å². The van der Waals surface area contributed by atoms with E-state index in [0.717, 1.165) is 32.2 Å². The SMILES string of the molecule is Cc1cc(Br)cn(Cc2cc(Br)cc3c2OCC3)c1=O. The van der Waals surface area contributed by atoms with Gasteiger partial charge in [0.25, 0.3) is 5.56 Å². The molecule has 0 saturated carbocycles. The van der Waals surface area contributed by atoms with Gasteiger partial charge in [0, 0.05) is 32.7 Å². The van der Waals surface area contributed by atoms with Gasteiger partial charge in [0.15, 0.2) is 0 Å². The van der Waals surface area contributed by atoms with Gasteiger partial charge in [-0.2, -0.15) is 0 Å². The highest BCUT2D eigenvalue weighted by Crippen LogP contribution is 2.33. The van der Waals surface area contributed by atoms with E-state index < -0.39 is 0 Å². The molecule has 0 unspecified atom stereocenters. The third kappa shape index (κ3) is 2.56. The molecule has 5 heteroatoms. The molecular formula is C15H13Br2NO2. The van der Waals surface area contributed by atoms with E-state index in [1.54, 1.807) is 4.57 Å². The van der Waals surface area contributed by atoms with Crippen molar-refractivity contribution in [3.63, 3.8) is 0 Å². The topological polar surface area (TPSA) is 31.2 Å². The highest BCUT2D eigenvalue weighted by Gasteiger charge is 2.18. The molecule has 104 valence electrons. The predicted octanol–water partition coefficient (Wildman–Crippen LogP) is 3.66. The average molecular weight is 399 g/mol. The van der Waals surface area contributed by atoms with Gasteiger partial charge >= 0.3 is 0 Å². The van der Waals surface area contributed by atoms with Crippen molar-refractivity contribution >= 4 is 31.9 Å². The van der Waals surface area contributed by atoms with Crippen molar-refractivity contribution in [1.29, 1.82) is 0 Å². The molecule has 0 spiro atoms. The normalized spacial score (nSPS) is 13.2. The Bertz CT molecular complexity index is 737. The molecule has 1 aromatic heterocycles. The molecule has 0 saturated heterocycles. The Morgan fingerprint density at radius 2 is 2.05 bits per heavy atom. The van der Waals surface area contributed by atoms with Crippen molar-refractivity contribution in [2.75, 3.05) is 6.61 Å². The van der Waals surface area contributed by atoms with Gasteiger partial charge in [-0.05, 0) is 46.6 Å². The fourth-order valence-corrected chi connectivity index (χ4v) is 3.65. The van der Waals surface area contributed by atoms with E-state index in [0.29, 0.717) is 13.2 Å². The average Bonchev–Trinajstić information content (AvgIpc) is 2.83. The van der Waals surface area contributed by atoms with Crippen molar-refractivity contribution in [2.24, 2.45) is 0 Å². The Kier molecular flexibility index (Phi) is 3.73. The van der Waals surface area contributed by atoms with Crippen LogP contribution in [0.3, 0.4) is 0 Å². The molecule has 0 atom stereocenters. The second kappa shape index (κ2) is 5.37. The molecule has 0 N–H and O–H groups in total. The van der Waals surface area contributed by atoms with Gasteiger partial charge in [-0.15, -0.1) is 0 Å². The molecular weight excluding hydrogens is 386 g/mol. The summed E-state index contributed by atoms with van der Waals surface area (Å²) in [6, 6.07) is 5.94. The summed E-state index contributed by atoms with van der Waals surface area (Å²) >= 11 is 6.96. The Morgan fingerprint density at radius 3 is 2.85 bits per heavy atom. The second-order valence-electron chi connectivity index (χ2n) is 4.93. The van der Waals surface area contributed by atoms with Gasteiger partial charge in [0.1, 0.15) is 5.75 Å². The summed E-state index contributed by atoms with van der Waals surface area (Å²) in [5, 5.41) is 0. The van der Waals surface area contributed by atoms with Crippen molar-refractivity contribution in [1.82, 2.24) is 4.57 Å². The summed E-state index contributed by atoms with van der Waals surface area (Å²) < 4.78 is 9.35. The first kappa shape index (κ1) is 13.9. The number of rotatable bonds is 2. The van der Waals surface area contributed by atoms with Crippen LogP contribution in [-0.4, -0.2) is 11.2 Å². The quantitative estimate of drug-likeness (QED) is 0.772. The molecule has 2 aromatic rings. The fraction of sp³-hybridized carbons (Fsp3) is 0.267. The number of hydrogen-bond acceptors (Lipinski definition) is 2. The first-order chi connectivity index (χ1) is 9.54. The van der Waals surface area contributed by atoms with Crippen molar-refractivity contribution < 1.29 is 4.74 Å². The summed E-state index contributed by atoms with van der Waals surface area (Å²) in [5.41, 5.74) is 2.99. The molecule has 3 nitrogen and oxygen atoms in total. The Labute approximate surface area is 133 Å². The van der Waals surface area contributed by atoms with Crippen LogP contribution in [0, 0.1) is 6.92 Å². The number of aromatic nitrogens is 1. The number of aryl methyl sites for hydroxylation is 1. The van der Waals surface area contributed by atoms with Crippen LogP contribution in [0.1, 0.15) is 16.7 Å². The number of pyridine rings is 1. The highest BCUT2D eigenvalue weighted by molar-refractivity contribution is 9.10. The maximum atomic E-state index is 12.2. The molecule has 1 aliphatic heterocycles. The van der Waals surface area contributed by atoms with Gasteiger partial charge in [0.05, 0.1) is 13.2 Å². The summed E-state index contributed by atoms with van der Waals surface area (Å²) in [6.07, 6.45) is 2.74. The van der Waals surface area contributed by atoms with Gasteiger partial charge in [0.2, 0.25) is 0 Å². The lowest BCUT2D eigenvalue weighted by Gasteiger charge is -2.12. The predicted molar refractivity (Wildman–Crippen MR) is 85.6 cm³/mol. The number of fused-ring (bicyclic) bond motifs is 1. The van der Waals surface area contributed by atoms with E-state index in [4.69, 9.17) is 4.74 Å². The van der Waals surface area contributed by atoms with E-state index in [1.165, 1.54) is 5.56 Å². The zero-order valence-electron chi connectivity index (χ0n) is 11.0. The zero-order valence-corrected chi connectivity index (χ0v) is 14.1. The minimum atomic E-state index is 0.0277. The first-order valence-corrected chi connectivity index (χ1v) is 7.94. The Hall–Kier alpha value is -1.07. The summed E-state index contributed by atoms with van der Waals surface area (Å²) in [5.74, 6) is 0.928. The lowest BCUT2D eigenvalue weighted by molar-refractivity contribution is 0.352. The maximum Gasteiger partial charge on any atom is 0.253 e. The van der Waals surface area contributed by atoms with Gasteiger partial charge in [-0.25, -0.2) is 0 Å². The molecule has 20 heavy (non-hydrogen) atoms. The van der Waals surface area contributed by atoms with Gasteiger partial charge in [-0.3, -0.25) is 4.79 Å². The Balaban J connectivity index is 2.07. The molecule has 0 aliphatic carbocycles. The molecule has 0 amide bonds. The van der Waals surface area contributed by atoms with Crippen LogP contribution >= 0.6 is 31.9 Å². The minimum Gasteiger partial charge on any atom is -0.493 e. The zero-order chi connectivity index (χ0) is 14.3. The van der Waals surface area contributed by atoms with Crippen molar-refractivity contribution in [3.05, 3.63) is 60.4 Å². The van der Waals surface area contributed by atoms with Crippen molar-refractivity contribution in [2.45, 2.75) is 19.9 Å². The van der Waals surface area contributed by atoms with E-state index in [2.05, 4.69) is 37.9 Å². The van der Waals surface area contributed by atoms with Crippen LogP contribution in [0.2, 0.25) is 0 Å². The fourth-order valence-electron chi connectivity index (χ4n) is 2.50. The van der Waals surface area contributed by atoms with Gasteiger partial charge < -0.3 is 9.30 Å². The number of nitrogens with zero attached hydrogens (tertiary/aromatic N) is 1. The van der Waals surface area contributed by atoms with Crippen LogP contribution in [0.15, 0.2) is 38.1 Å². The van der Waals surface area contributed by atoms with E-state index in [9.17, 15) is 4.79 Å². The number of ether oxygens (including phenoxy) is 1. The first-order valence-electron chi connectivity index (χ1n) is 6.35. The lowest BCUT2D eigenvalue weighted by Crippen LogP contribution is -2.22. The van der Waals surface area contributed by atoms with Crippen LogP contribution in [0.5, 0.6) is 5.75 Å². The van der Waals surface area contributed by atoms with Crippen LogP contribution in [0.25, 0.3) is 0 Å². The van der Waals surface area contributed by atoms with E-state index >= 15 is 0 Å². The van der Waals surface area contributed by atoms with Gasteiger partial charge in [-0.1, -0.05) is 15.9 Å². The van der Waals surface area contributed by atoms with Crippen LogP contribution < -0.4 is 10.3 Å². The molecule has 1 aliphatic rings. The molecule has 1 aromatic carbocycles. The number of hydrogen-bond donors (Lipinski definition) is 0. The molecule has 3 rings (SSSR count). The number of benzene rings is 1. The maximum absolute atomic E-state index is 12.2. The molecule has 0 fully saturated rings.